The first kappa shape index (κ1) is 10.8. The second-order valence-electron chi connectivity index (χ2n) is 5.70. The van der Waals surface area contributed by atoms with E-state index >= 15 is 0 Å². The molecule has 2 rings (SSSR count). The summed E-state index contributed by atoms with van der Waals surface area (Å²) in [6, 6.07) is 0. The van der Waals surface area contributed by atoms with Crippen molar-refractivity contribution in [3.8, 4) is 0 Å². The van der Waals surface area contributed by atoms with Gasteiger partial charge in [-0.05, 0) is 36.3 Å². The summed E-state index contributed by atoms with van der Waals surface area (Å²) < 4.78 is 0. The average Bonchev–Trinajstić information content (AvgIpc) is 2.91. The van der Waals surface area contributed by atoms with Crippen LogP contribution in [0.5, 0.6) is 0 Å². The highest BCUT2D eigenvalue weighted by atomic mass is 32.2. The molecule has 0 radical (unpaired) electrons. The van der Waals surface area contributed by atoms with Crippen LogP contribution in [0.1, 0.15) is 46.0 Å². The van der Waals surface area contributed by atoms with Crippen LogP contribution in [0.2, 0.25) is 0 Å². The minimum atomic E-state index is -0.390. The van der Waals surface area contributed by atoms with Gasteiger partial charge in [0.1, 0.15) is 0 Å². The lowest BCUT2D eigenvalue weighted by Gasteiger charge is -2.46. The third-order valence-electron chi connectivity index (χ3n) is 4.14. The summed E-state index contributed by atoms with van der Waals surface area (Å²) in [5.41, 5.74) is -0.258. The number of hydrogen-bond acceptors (Lipinski definition) is 2. The Morgan fingerprint density at radius 3 is 2.64 bits per heavy atom. The minimum Gasteiger partial charge on any atom is -0.388 e. The van der Waals surface area contributed by atoms with Crippen molar-refractivity contribution in [2.45, 2.75) is 51.6 Å². The maximum absolute atomic E-state index is 10.7. The summed E-state index contributed by atoms with van der Waals surface area (Å²) in [6.07, 6.45) is 6.25. The van der Waals surface area contributed by atoms with Crippen LogP contribution in [0, 0.1) is 11.3 Å². The highest BCUT2D eigenvalue weighted by Crippen LogP contribution is 2.47. The molecule has 1 saturated heterocycles. The summed E-state index contributed by atoms with van der Waals surface area (Å²) in [6.45, 7) is 4.47. The highest BCUT2D eigenvalue weighted by molar-refractivity contribution is 7.99. The fourth-order valence-electron chi connectivity index (χ4n) is 2.26. The molecule has 1 unspecified atom stereocenters. The van der Waals surface area contributed by atoms with Gasteiger partial charge in [-0.15, -0.1) is 0 Å². The smallest absolute Gasteiger partial charge is 0.0788 e. The Kier molecular flexibility index (Phi) is 2.87. The number of hydrogen-bond donors (Lipinski definition) is 1. The minimum absolute atomic E-state index is 0.132. The quantitative estimate of drug-likeness (QED) is 0.779. The van der Waals surface area contributed by atoms with Crippen LogP contribution < -0.4 is 0 Å². The van der Waals surface area contributed by atoms with Crippen LogP contribution in [0.4, 0.5) is 0 Å². The standard InChI is InChI=1S/C12H22OS/c1-11(2)7-8-14-9-12(11,13)6-5-10-3-4-10/h10,13H,3-9H2,1-2H3. The molecule has 2 heteroatoms. The van der Waals surface area contributed by atoms with E-state index in [-0.39, 0.29) is 5.41 Å². The molecule has 0 bridgehead atoms. The van der Waals surface area contributed by atoms with Gasteiger partial charge in [0.2, 0.25) is 0 Å². The summed E-state index contributed by atoms with van der Waals surface area (Å²) in [7, 11) is 0. The first-order valence-electron chi connectivity index (χ1n) is 5.84. The molecule has 1 atom stereocenters. The van der Waals surface area contributed by atoms with Gasteiger partial charge >= 0.3 is 0 Å². The molecule has 14 heavy (non-hydrogen) atoms. The van der Waals surface area contributed by atoms with Crippen LogP contribution in [-0.2, 0) is 0 Å². The zero-order valence-electron chi connectivity index (χ0n) is 9.38. The van der Waals surface area contributed by atoms with E-state index in [2.05, 4.69) is 13.8 Å². The molecule has 1 saturated carbocycles. The van der Waals surface area contributed by atoms with E-state index in [1.54, 1.807) is 0 Å². The van der Waals surface area contributed by atoms with E-state index in [1.165, 1.54) is 31.4 Å². The number of thioether (sulfide) groups is 1. The van der Waals surface area contributed by atoms with Gasteiger partial charge in [-0.3, -0.25) is 0 Å². The van der Waals surface area contributed by atoms with E-state index in [0.717, 1.165) is 18.1 Å². The largest absolute Gasteiger partial charge is 0.388 e. The Morgan fingerprint density at radius 2 is 2.07 bits per heavy atom. The fourth-order valence-corrected chi connectivity index (χ4v) is 3.93. The topological polar surface area (TPSA) is 20.2 Å². The van der Waals surface area contributed by atoms with Crippen molar-refractivity contribution >= 4 is 11.8 Å². The Morgan fingerprint density at radius 1 is 1.36 bits per heavy atom. The maximum atomic E-state index is 10.7. The van der Waals surface area contributed by atoms with Gasteiger partial charge in [-0.1, -0.05) is 26.7 Å². The van der Waals surface area contributed by atoms with Gasteiger partial charge in [0, 0.05) is 5.75 Å². The van der Waals surface area contributed by atoms with E-state index in [0.29, 0.717) is 0 Å². The zero-order valence-corrected chi connectivity index (χ0v) is 10.2. The van der Waals surface area contributed by atoms with E-state index < -0.39 is 5.60 Å². The molecule has 0 amide bonds. The van der Waals surface area contributed by atoms with Crippen molar-refractivity contribution in [1.82, 2.24) is 0 Å². The van der Waals surface area contributed by atoms with E-state index in [9.17, 15) is 5.11 Å². The molecule has 1 heterocycles. The predicted molar refractivity (Wildman–Crippen MR) is 62.6 cm³/mol. The molecule has 1 aliphatic heterocycles. The molecule has 0 aromatic rings. The molecule has 0 aromatic carbocycles. The van der Waals surface area contributed by atoms with Gasteiger partial charge in [0.25, 0.3) is 0 Å². The van der Waals surface area contributed by atoms with Gasteiger partial charge in [0.05, 0.1) is 5.60 Å². The molecule has 0 spiro atoms. The lowest BCUT2D eigenvalue weighted by molar-refractivity contribution is -0.0604. The second kappa shape index (κ2) is 3.71. The van der Waals surface area contributed by atoms with Gasteiger partial charge in [-0.2, -0.15) is 11.8 Å². The molecule has 1 nitrogen and oxygen atoms in total. The first-order valence-corrected chi connectivity index (χ1v) is 6.99. The summed E-state index contributed by atoms with van der Waals surface area (Å²) >= 11 is 1.93. The van der Waals surface area contributed by atoms with Crippen molar-refractivity contribution < 1.29 is 5.11 Å². The van der Waals surface area contributed by atoms with Crippen molar-refractivity contribution in [2.24, 2.45) is 11.3 Å². The average molecular weight is 214 g/mol. The molecule has 82 valence electrons. The maximum Gasteiger partial charge on any atom is 0.0788 e. The van der Waals surface area contributed by atoms with Crippen LogP contribution in [0.15, 0.2) is 0 Å². The van der Waals surface area contributed by atoms with Crippen LogP contribution in [0.3, 0.4) is 0 Å². The summed E-state index contributed by atoms with van der Waals surface area (Å²) in [5.74, 6) is 3.12. The monoisotopic (exact) mass is 214 g/mol. The van der Waals surface area contributed by atoms with Gasteiger partial charge in [0.15, 0.2) is 0 Å². The molecule has 1 aliphatic carbocycles. The summed E-state index contributed by atoms with van der Waals surface area (Å²) in [4.78, 5) is 0. The lowest BCUT2D eigenvalue weighted by Crippen LogP contribution is -2.49. The Labute approximate surface area is 91.7 Å². The number of rotatable bonds is 3. The molecule has 0 aromatic heterocycles. The highest BCUT2D eigenvalue weighted by Gasteiger charge is 2.45. The molecule has 1 N–H and O–H groups in total. The second-order valence-corrected chi connectivity index (χ2v) is 6.81. The van der Waals surface area contributed by atoms with Crippen molar-refractivity contribution in [1.29, 1.82) is 0 Å². The molecular formula is C12H22OS. The van der Waals surface area contributed by atoms with Crippen molar-refractivity contribution in [3.05, 3.63) is 0 Å². The van der Waals surface area contributed by atoms with Gasteiger partial charge < -0.3 is 5.11 Å². The predicted octanol–water partition coefficient (Wildman–Crippen LogP) is 3.07. The molecular weight excluding hydrogens is 192 g/mol. The Hall–Kier alpha value is 0.310. The normalized spacial score (nSPS) is 37.1. The summed E-state index contributed by atoms with van der Waals surface area (Å²) in [5, 5.41) is 10.7. The van der Waals surface area contributed by atoms with E-state index in [4.69, 9.17) is 0 Å². The molecule has 2 fully saturated rings. The van der Waals surface area contributed by atoms with Crippen LogP contribution in [0.25, 0.3) is 0 Å². The third kappa shape index (κ3) is 2.11. The van der Waals surface area contributed by atoms with Gasteiger partial charge in [-0.25, -0.2) is 0 Å². The fraction of sp³-hybridized carbons (Fsp3) is 1.00. The Bertz CT molecular complexity index is 210. The zero-order chi connectivity index (χ0) is 10.2. The van der Waals surface area contributed by atoms with E-state index in [1.807, 2.05) is 11.8 Å². The Balaban J connectivity index is 1.94. The SMILES string of the molecule is CC1(C)CCSCC1(O)CCC1CC1. The lowest BCUT2D eigenvalue weighted by atomic mass is 9.71. The van der Waals surface area contributed by atoms with Crippen molar-refractivity contribution in [2.75, 3.05) is 11.5 Å². The first-order chi connectivity index (χ1) is 6.54. The van der Waals surface area contributed by atoms with Crippen molar-refractivity contribution in [3.63, 3.8) is 0 Å². The molecule has 2 aliphatic rings. The van der Waals surface area contributed by atoms with Crippen LogP contribution >= 0.6 is 11.8 Å². The third-order valence-corrected chi connectivity index (χ3v) is 5.31. The number of aliphatic hydroxyl groups is 1. The van der Waals surface area contributed by atoms with Crippen LogP contribution in [-0.4, -0.2) is 22.2 Å².